The Bertz CT molecular complexity index is 551. The van der Waals surface area contributed by atoms with E-state index in [0.29, 0.717) is 11.6 Å². The number of hydrogen-bond donors (Lipinski definition) is 1. The molecule has 1 aliphatic carbocycles. The van der Waals surface area contributed by atoms with Gasteiger partial charge in [-0.2, -0.15) is 0 Å². The summed E-state index contributed by atoms with van der Waals surface area (Å²) in [6, 6.07) is 4.19. The molecule has 0 aromatic heterocycles. The zero-order chi connectivity index (χ0) is 15.5. The highest BCUT2D eigenvalue weighted by Crippen LogP contribution is 2.35. The van der Waals surface area contributed by atoms with Gasteiger partial charge in [0, 0.05) is 11.6 Å². The third kappa shape index (κ3) is 3.79. The predicted octanol–water partition coefficient (Wildman–Crippen LogP) is 3.93. The van der Waals surface area contributed by atoms with E-state index < -0.39 is 5.82 Å². The lowest BCUT2D eigenvalue weighted by Gasteiger charge is -2.41. The Morgan fingerprint density at radius 1 is 1.27 bits per heavy atom. The van der Waals surface area contributed by atoms with Crippen molar-refractivity contribution in [3.63, 3.8) is 0 Å². The van der Waals surface area contributed by atoms with E-state index in [1.54, 1.807) is 0 Å². The van der Waals surface area contributed by atoms with Crippen LogP contribution in [0.5, 0.6) is 0 Å². The van der Waals surface area contributed by atoms with Crippen molar-refractivity contribution in [2.24, 2.45) is 11.8 Å². The van der Waals surface area contributed by atoms with Crippen molar-refractivity contribution in [3.8, 4) is 0 Å². The number of likely N-dealkylation sites (tertiary alicyclic amines) is 1. The molecular weight excluding hydrogens is 303 g/mol. The quantitative estimate of drug-likeness (QED) is 0.913. The summed E-state index contributed by atoms with van der Waals surface area (Å²) in [5, 5.41) is 3.05. The Labute approximate surface area is 135 Å². The number of piperidine rings is 1. The van der Waals surface area contributed by atoms with E-state index in [0.717, 1.165) is 24.9 Å². The molecule has 0 unspecified atom stereocenters. The highest BCUT2D eigenvalue weighted by molar-refractivity contribution is 6.30. The van der Waals surface area contributed by atoms with Crippen LogP contribution < -0.4 is 5.32 Å². The van der Waals surface area contributed by atoms with Crippen LogP contribution in [-0.2, 0) is 4.79 Å². The normalized spacial score (nSPS) is 25.5. The molecule has 0 bridgehead atoms. The number of halogens is 2. The topological polar surface area (TPSA) is 32.3 Å². The molecule has 1 amide bonds. The number of nitrogens with one attached hydrogen (secondary N) is 1. The highest BCUT2D eigenvalue weighted by Gasteiger charge is 2.31. The van der Waals surface area contributed by atoms with Crippen LogP contribution in [0.25, 0.3) is 0 Å². The smallest absolute Gasteiger partial charge is 0.238 e. The number of carbonyl (C=O) groups is 1. The van der Waals surface area contributed by atoms with Crippen molar-refractivity contribution in [1.29, 1.82) is 0 Å². The monoisotopic (exact) mass is 324 g/mol. The van der Waals surface area contributed by atoms with E-state index in [-0.39, 0.29) is 11.6 Å². The summed E-state index contributed by atoms with van der Waals surface area (Å²) in [7, 11) is 0. The van der Waals surface area contributed by atoms with Crippen LogP contribution in [0, 0.1) is 17.7 Å². The number of fused-ring (bicyclic) bond motifs is 1. The summed E-state index contributed by atoms with van der Waals surface area (Å²) in [5.74, 6) is 0.954. The fourth-order valence-electron chi connectivity index (χ4n) is 3.81. The Kier molecular flexibility index (Phi) is 4.99. The lowest BCUT2D eigenvalue weighted by Crippen LogP contribution is -2.44. The van der Waals surface area contributed by atoms with Crippen LogP contribution in [-0.4, -0.2) is 30.4 Å². The molecule has 0 spiro atoms. The number of nitrogens with zero attached hydrogens (tertiary/aromatic N) is 1. The van der Waals surface area contributed by atoms with Crippen LogP contribution in [0.15, 0.2) is 18.2 Å². The molecule has 5 heteroatoms. The first-order valence-corrected chi connectivity index (χ1v) is 8.47. The summed E-state index contributed by atoms with van der Waals surface area (Å²) in [4.78, 5) is 14.3. The molecule has 22 heavy (non-hydrogen) atoms. The fourth-order valence-corrected chi connectivity index (χ4v) is 3.98. The van der Waals surface area contributed by atoms with Gasteiger partial charge in [0.2, 0.25) is 5.91 Å². The van der Waals surface area contributed by atoms with Crippen LogP contribution >= 0.6 is 11.6 Å². The van der Waals surface area contributed by atoms with Gasteiger partial charge in [-0.25, -0.2) is 4.39 Å². The molecule has 2 aliphatic rings. The van der Waals surface area contributed by atoms with Crippen LogP contribution in [0.3, 0.4) is 0 Å². The Balaban J connectivity index is 1.54. The van der Waals surface area contributed by atoms with Crippen molar-refractivity contribution in [2.75, 3.05) is 25.0 Å². The maximum absolute atomic E-state index is 13.6. The third-order valence-corrected chi connectivity index (χ3v) is 5.18. The summed E-state index contributed by atoms with van der Waals surface area (Å²) in [5.41, 5.74) is 0.157. The van der Waals surface area contributed by atoms with Crippen molar-refractivity contribution < 1.29 is 9.18 Å². The molecule has 2 atom stereocenters. The first-order chi connectivity index (χ1) is 10.6. The second-order valence-electron chi connectivity index (χ2n) is 6.50. The van der Waals surface area contributed by atoms with Crippen LogP contribution in [0.4, 0.5) is 10.1 Å². The second kappa shape index (κ2) is 6.97. The Hall–Kier alpha value is -1.13. The van der Waals surface area contributed by atoms with Crippen molar-refractivity contribution in [2.45, 2.75) is 32.1 Å². The highest BCUT2D eigenvalue weighted by atomic mass is 35.5. The van der Waals surface area contributed by atoms with Gasteiger partial charge in [0.25, 0.3) is 0 Å². The molecule has 2 fully saturated rings. The van der Waals surface area contributed by atoms with Gasteiger partial charge in [-0.3, -0.25) is 9.69 Å². The maximum Gasteiger partial charge on any atom is 0.238 e. The van der Waals surface area contributed by atoms with Gasteiger partial charge in [-0.05, 0) is 49.4 Å². The Morgan fingerprint density at radius 2 is 2.05 bits per heavy atom. The molecule has 1 aromatic carbocycles. The molecule has 1 saturated heterocycles. The van der Waals surface area contributed by atoms with E-state index in [9.17, 15) is 9.18 Å². The molecule has 3 nitrogen and oxygen atoms in total. The molecule has 1 saturated carbocycles. The summed E-state index contributed by atoms with van der Waals surface area (Å²) >= 11 is 5.84. The number of rotatable bonds is 3. The average molecular weight is 325 g/mol. The van der Waals surface area contributed by atoms with Crippen LogP contribution in [0.2, 0.25) is 5.02 Å². The summed E-state index contributed by atoms with van der Waals surface area (Å²) < 4.78 is 13.6. The minimum atomic E-state index is -0.455. The molecule has 120 valence electrons. The van der Waals surface area contributed by atoms with E-state index in [1.165, 1.54) is 50.3 Å². The lowest BCUT2D eigenvalue weighted by atomic mass is 9.75. The average Bonchev–Trinajstić information content (AvgIpc) is 2.51. The van der Waals surface area contributed by atoms with Gasteiger partial charge >= 0.3 is 0 Å². The van der Waals surface area contributed by atoms with Gasteiger partial charge in [0.05, 0.1) is 12.2 Å². The SMILES string of the molecule is O=C(CN1CC[C@@H]2CCCC[C@H]2C1)Nc1cc(Cl)ccc1F. The Morgan fingerprint density at radius 3 is 2.86 bits per heavy atom. The standard InChI is InChI=1S/C17H22ClFN2O/c18-14-5-6-15(19)16(9-14)20-17(22)11-21-8-7-12-3-1-2-4-13(12)10-21/h5-6,9,12-13H,1-4,7-8,10-11H2,(H,20,22)/t12-,13-/m0/s1. The molecule has 1 N–H and O–H groups in total. The predicted molar refractivity (Wildman–Crippen MR) is 86.5 cm³/mol. The molecule has 1 heterocycles. The first-order valence-electron chi connectivity index (χ1n) is 8.09. The van der Waals surface area contributed by atoms with E-state index in [4.69, 9.17) is 11.6 Å². The van der Waals surface area contributed by atoms with E-state index in [2.05, 4.69) is 10.2 Å². The van der Waals surface area contributed by atoms with Crippen LogP contribution in [0.1, 0.15) is 32.1 Å². The second-order valence-corrected chi connectivity index (χ2v) is 6.94. The summed E-state index contributed by atoms with van der Waals surface area (Å²) in [6.45, 7) is 2.29. The van der Waals surface area contributed by atoms with Gasteiger partial charge in [0.1, 0.15) is 5.82 Å². The van der Waals surface area contributed by atoms with Crippen molar-refractivity contribution in [1.82, 2.24) is 4.90 Å². The van der Waals surface area contributed by atoms with Gasteiger partial charge in [-0.15, -0.1) is 0 Å². The minimum Gasteiger partial charge on any atom is -0.322 e. The largest absolute Gasteiger partial charge is 0.322 e. The molecule has 0 radical (unpaired) electrons. The number of hydrogen-bond acceptors (Lipinski definition) is 2. The number of benzene rings is 1. The molecule has 1 aliphatic heterocycles. The fraction of sp³-hybridized carbons (Fsp3) is 0.588. The van der Waals surface area contributed by atoms with E-state index >= 15 is 0 Å². The van der Waals surface area contributed by atoms with Gasteiger partial charge in [-0.1, -0.05) is 30.9 Å². The maximum atomic E-state index is 13.6. The third-order valence-electron chi connectivity index (χ3n) is 4.95. The number of amides is 1. The number of carbonyl (C=O) groups excluding carboxylic acids is 1. The van der Waals surface area contributed by atoms with Gasteiger partial charge in [0.15, 0.2) is 0 Å². The lowest BCUT2D eigenvalue weighted by molar-refractivity contribution is -0.118. The van der Waals surface area contributed by atoms with Crippen molar-refractivity contribution >= 4 is 23.2 Å². The minimum absolute atomic E-state index is 0.157. The molecular formula is C17H22ClFN2O. The number of anilines is 1. The molecule has 1 aromatic rings. The zero-order valence-corrected chi connectivity index (χ0v) is 13.4. The zero-order valence-electron chi connectivity index (χ0n) is 12.7. The summed E-state index contributed by atoms with van der Waals surface area (Å²) in [6.07, 6.45) is 6.48. The first kappa shape index (κ1) is 15.8. The van der Waals surface area contributed by atoms with Gasteiger partial charge < -0.3 is 5.32 Å². The van der Waals surface area contributed by atoms with E-state index in [1.807, 2.05) is 0 Å². The van der Waals surface area contributed by atoms with Crippen molar-refractivity contribution in [3.05, 3.63) is 29.0 Å². The molecule has 3 rings (SSSR count).